The molecule has 18 heavy (non-hydrogen) atoms. The minimum Gasteiger partial charge on any atom is -0.366 e. The van der Waals surface area contributed by atoms with E-state index in [-0.39, 0.29) is 0 Å². The molecule has 5 heteroatoms. The van der Waals surface area contributed by atoms with Gasteiger partial charge in [-0.2, -0.15) is 9.61 Å². The molecule has 0 bridgehead atoms. The summed E-state index contributed by atoms with van der Waals surface area (Å²) in [5.41, 5.74) is 2.10. The number of hydrogen-bond acceptors (Lipinski definition) is 4. The fourth-order valence-electron chi connectivity index (χ4n) is 2.59. The number of piperidine rings is 1. The van der Waals surface area contributed by atoms with Gasteiger partial charge in [0.25, 0.3) is 0 Å². The molecule has 0 spiro atoms. The minimum absolute atomic E-state index is 0.452. The van der Waals surface area contributed by atoms with Gasteiger partial charge in [0.15, 0.2) is 5.65 Å². The first-order chi connectivity index (χ1) is 8.74. The summed E-state index contributed by atoms with van der Waals surface area (Å²) in [7, 11) is 0. The molecule has 1 saturated heterocycles. The normalized spacial score (nSPS) is 24.3. The summed E-state index contributed by atoms with van der Waals surface area (Å²) >= 11 is 0. The monoisotopic (exact) mass is 245 g/mol. The van der Waals surface area contributed by atoms with Crippen molar-refractivity contribution in [3.05, 3.63) is 24.0 Å². The molecular weight excluding hydrogens is 226 g/mol. The Balaban J connectivity index is 1.91. The second kappa shape index (κ2) is 4.57. The minimum atomic E-state index is 0.452. The van der Waals surface area contributed by atoms with Gasteiger partial charge in [0, 0.05) is 12.1 Å². The van der Waals surface area contributed by atoms with Crippen LogP contribution in [-0.2, 0) is 0 Å². The maximum atomic E-state index is 4.27. The van der Waals surface area contributed by atoms with E-state index >= 15 is 0 Å². The lowest BCUT2D eigenvalue weighted by Crippen LogP contribution is -2.46. The van der Waals surface area contributed by atoms with Crippen molar-refractivity contribution in [2.45, 2.75) is 38.8 Å². The molecule has 0 aliphatic carbocycles. The Labute approximate surface area is 107 Å². The third-order valence-corrected chi connectivity index (χ3v) is 3.62. The molecule has 0 amide bonds. The highest BCUT2D eigenvalue weighted by Gasteiger charge is 2.21. The number of pyridine rings is 1. The summed E-state index contributed by atoms with van der Waals surface area (Å²) in [6, 6.07) is 5.11. The molecule has 1 aliphatic heterocycles. The Hall–Kier alpha value is -1.62. The molecule has 2 atom stereocenters. The summed E-state index contributed by atoms with van der Waals surface area (Å²) in [4.78, 5) is 4.25. The predicted molar refractivity (Wildman–Crippen MR) is 71.8 cm³/mol. The SMILES string of the molecule is Cc1cc(NC2CCCNC2C)n2ncnc2c1. The summed E-state index contributed by atoms with van der Waals surface area (Å²) in [5, 5.41) is 11.4. The smallest absolute Gasteiger partial charge is 0.157 e. The van der Waals surface area contributed by atoms with Crippen LogP contribution >= 0.6 is 0 Å². The largest absolute Gasteiger partial charge is 0.366 e. The second-order valence-corrected chi connectivity index (χ2v) is 5.08. The predicted octanol–water partition coefficient (Wildman–Crippen LogP) is 1.59. The zero-order valence-corrected chi connectivity index (χ0v) is 10.8. The number of fused-ring (bicyclic) bond motifs is 1. The molecule has 96 valence electrons. The maximum Gasteiger partial charge on any atom is 0.157 e. The molecule has 0 saturated carbocycles. The third kappa shape index (κ3) is 2.06. The summed E-state index contributed by atoms with van der Waals surface area (Å²) in [6.45, 7) is 5.43. The molecule has 0 aromatic carbocycles. The highest BCUT2D eigenvalue weighted by Crippen LogP contribution is 2.18. The average molecular weight is 245 g/mol. The van der Waals surface area contributed by atoms with Crippen LogP contribution in [0.4, 0.5) is 5.82 Å². The number of nitrogens with zero attached hydrogens (tertiary/aromatic N) is 3. The number of aromatic nitrogens is 3. The highest BCUT2D eigenvalue weighted by atomic mass is 15.3. The lowest BCUT2D eigenvalue weighted by atomic mass is 10.00. The third-order valence-electron chi connectivity index (χ3n) is 3.62. The summed E-state index contributed by atoms with van der Waals surface area (Å²) < 4.78 is 1.87. The van der Waals surface area contributed by atoms with Crippen molar-refractivity contribution in [3.8, 4) is 0 Å². The van der Waals surface area contributed by atoms with Gasteiger partial charge < -0.3 is 10.6 Å². The van der Waals surface area contributed by atoms with Crippen molar-refractivity contribution in [2.75, 3.05) is 11.9 Å². The Bertz CT molecular complexity index is 547. The van der Waals surface area contributed by atoms with Gasteiger partial charge in [0.1, 0.15) is 12.1 Å². The van der Waals surface area contributed by atoms with E-state index in [1.807, 2.05) is 10.6 Å². The van der Waals surface area contributed by atoms with Crippen LogP contribution in [0.5, 0.6) is 0 Å². The quantitative estimate of drug-likeness (QED) is 0.843. The second-order valence-electron chi connectivity index (χ2n) is 5.08. The molecule has 5 nitrogen and oxygen atoms in total. The molecule has 2 N–H and O–H groups in total. The number of anilines is 1. The highest BCUT2D eigenvalue weighted by molar-refractivity contribution is 5.51. The molecular formula is C13H19N5. The van der Waals surface area contributed by atoms with Crippen LogP contribution < -0.4 is 10.6 Å². The Morgan fingerprint density at radius 3 is 3.17 bits per heavy atom. The summed E-state index contributed by atoms with van der Waals surface area (Å²) in [5.74, 6) is 1.03. The standard InChI is InChI=1S/C13H19N5/c1-9-6-12-15-8-16-18(12)13(7-9)17-11-4-3-5-14-10(11)2/h6-8,10-11,14,17H,3-5H2,1-2H3. The Morgan fingerprint density at radius 2 is 2.33 bits per heavy atom. The van der Waals surface area contributed by atoms with E-state index in [2.05, 4.69) is 40.6 Å². The van der Waals surface area contributed by atoms with E-state index in [1.165, 1.54) is 18.4 Å². The first-order valence-electron chi connectivity index (χ1n) is 6.54. The Kier molecular flexibility index (Phi) is 2.91. The van der Waals surface area contributed by atoms with E-state index in [0.717, 1.165) is 18.0 Å². The van der Waals surface area contributed by atoms with E-state index in [9.17, 15) is 0 Å². The van der Waals surface area contributed by atoms with Gasteiger partial charge in [-0.25, -0.2) is 4.98 Å². The van der Waals surface area contributed by atoms with Crippen LogP contribution in [0.25, 0.3) is 5.65 Å². The zero-order valence-electron chi connectivity index (χ0n) is 10.8. The van der Waals surface area contributed by atoms with Crippen molar-refractivity contribution < 1.29 is 0 Å². The van der Waals surface area contributed by atoms with Crippen LogP contribution in [0.3, 0.4) is 0 Å². The fourth-order valence-corrected chi connectivity index (χ4v) is 2.59. The topological polar surface area (TPSA) is 54.2 Å². The molecule has 1 fully saturated rings. The molecule has 3 heterocycles. The van der Waals surface area contributed by atoms with Gasteiger partial charge in [-0.3, -0.25) is 0 Å². The lowest BCUT2D eigenvalue weighted by molar-refractivity contribution is 0.388. The van der Waals surface area contributed by atoms with Gasteiger partial charge in [-0.1, -0.05) is 0 Å². The van der Waals surface area contributed by atoms with E-state index in [0.29, 0.717) is 12.1 Å². The van der Waals surface area contributed by atoms with Gasteiger partial charge in [-0.15, -0.1) is 0 Å². The number of hydrogen-bond donors (Lipinski definition) is 2. The van der Waals surface area contributed by atoms with Crippen molar-refractivity contribution in [1.82, 2.24) is 19.9 Å². The van der Waals surface area contributed by atoms with Crippen LogP contribution in [0.15, 0.2) is 18.5 Å². The van der Waals surface area contributed by atoms with Crippen LogP contribution in [0.2, 0.25) is 0 Å². The van der Waals surface area contributed by atoms with Crippen molar-refractivity contribution in [1.29, 1.82) is 0 Å². The van der Waals surface area contributed by atoms with Gasteiger partial charge in [0.05, 0.1) is 0 Å². The van der Waals surface area contributed by atoms with E-state index in [4.69, 9.17) is 0 Å². The number of nitrogens with one attached hydrogen (secondary N) is 2. The molecule has 1 aliphatic rings. The summed E-state index contributed by atoms with van der Waals surface area (Å²) in [6.07, 6.45) is 4.01. The van der Waals surface area contributed by atoms with Crippen LogP contribution in [0.1, 0.15) is 25.3 Å². The molecule has 0 radical (unpaired) electrons. The van der Waals surface area contributed by atoms with Crippen LogP contribution in [-0.4, -0.2) is 33.2 Å². The van der Waals surface area contributed by atoms with Gasteiger partial charge in [-0.05, 0) is 50.9 Å². The Morgan fingerprint density at radius 1 is 1.44 bits per heavy atom. The van der Waals surface area contributed by atoms with E-state index < -0.39 is 0 Å². The van der Waals surface area contributed by atoms with Gasteiger partial charge >= 0.3 is 0 Å². The fraction of sp³-hybridized carbons (Fsp3) is 0.538. The van der Waals surface area contributed by atoms with Crippen molar-refractivity contribution >= 4 is 11.5 Å². The molecule has 2 aromatic rings. The van der Waals surface area contributed by atoms with E-state index in [1.54, 1.807) is 6.33 Å². The molecule has 3 rings (SSSR count). The average Bonchev–Trinajstić information content (AvgIpc) is 2.80. The first-order valence-corrected chi connectivity index (χ1v) is 6.54. The maximum absolute atomic E-state index is 4.27. The van der Waals surface area contributed by atoms with Crippen molar-refractivity contribution in [3.63, 3.8) is 0 Å². The van der Waals surface area contributed by atoms with Gasteiger partial charge in [0.2, 0.25) is 0 Å². The first kappa shape index (κ1) is 11.5. The van der Waals surface area contributed by atoms with Crippen molar-refractivity contribution in [2.24, 2.45) is 0 Å². The zero-order chi connectivity index (χ0) is 12.5. The lowest BCUT2D eigenvalue weighted by Gasteiger charge is -2.31. The number of aryl methyl sites for hydroxylation is 1. The molecule has 2 aromatic heterocycles. The number of rotatable bonds is 2. The molecule has 2 unspecified atom stereocenters. The van der Waals surface area contributed by atoms with Crippen LogP contribution in [0, 0.1) is 6.92 Å².